The van der Waals surface area contributed by atoms with Crippen molar-refractivity contribution in [2.75, 3.05) is 33.4 Å². The van der Waals surface area contributed by atoms with Crippen molar-refractivity contribution in [1.82, 2.24) is 9.80 Å². The minimum absolute atomic E-state index is 0.0897. The standard InChI is InChI=1S/C19H25IN2O2/c1-21-15-6-7-17(21)18(19(23)22-8-10-24-11-9-22)16(12-15)13-2-4-14(20)5-3-13/h2-5,15-18H,6-12H2,1H3/t15-,16-,17?,18?/m1/s1. The predicted octanol–water partition coefficient (Wildman–Crippen LogP) is 2.72. The highest BCUT2D eigenvalue weighted by Crippen LogP contribution is 2.47. The Kier molecular flexibility index (Phi) is 4.84. The molecule has 4 nitrogen and oxygen atoms in total. The van der Waals surface area contributed by atoms with Gasteiger partial charge in [-0.3, -0.25) is 9.69 Å². The normalized spacial score (nSPS) is 33.7. The number of fused-ring (bicyclic) bond motifs is 2. The maximum Gasteiger partial charge on any atom is 0.228 e. The predicted molar refractivity (Wildman–Crippen MR) is 102 cm³/mol. The van der Waals surface area contributed by atoms with Crippen LogP contribution in [0.5, 0.6) is 0 Å². The van der Waals surface area contributed by atoms with Crippen LogP contribution < -0.4 is 0 Å². The molecule has 130 valence electrons. The molecule has 3 aliphatic heterocycles. The van der Waals surface area contributed by atoms with Crippen LogP contribution in [0.25, 0.3) is 0 Å². The van der Waals surface area contributed by atoms with Gasteiger partial charge in [0, 0.05) is 28.7 Å². The zero-order valence-electron chi connectivity index (χ0n) is 14.2. The van der Waals surface area contributed by atoms with Crippen LogP contribution in [0.3, 0.4) is 0 Å². The average molecular weight is 440 g/mol. The summed E-state index contributed by atoms with van der Waals surface area (Å²) in [7, 11) is 2.21. The molecule has 3 aliphatic rings. The van der Waals surface area contributed by atoms with Gasteiger partial charge in [-0.15, -0.1) is 0 Å². The summed E-state index contributed by atoms with van der Waals surface area (Å²) in [5.41, 5.74) is 1.34. The van der Waals surface area contributed by atoms with Gasteiger partial charge in [-0.1, -0.05) is 12.1 Å². The van der Waals surface area contributed by atoms with E-state index in [0.29, 0.717) is 37.1 Å². The number of nitrogens with zero attached hydrogens (tertiary/aromatic N) is 2. The largest absolute Gasteiger partial charge is 0.378 e. The Balaban J connectivity index is 1.65. The fraction of sp³-hybridized carbons (Fsp3) is 0.632. The Labute approximate surface area is 157 Å². The number of halogens is 1. The zero-order chi connectivity index (χ0) is 16.7. The van der Waals surface area contributed by atoms with Crippen molar-refractivity contribution >= 4 is 28.5 Å². The fourth-order valence-electron chi connectivity index (χ4n) is 4.85. The summed E-state index contributed by atoms with van der Waals surface area (Å²) in [5, 5.41) is 0. The van der Waals surface area contributed by atoms with Crippen molar-refractivity contribution in [3.05, 3.63) is 33.4 Å². The second kappa shape index (κ2) is 6.92. The molecule has 1 aromatic carbocycles. The van der Waals surface area contributed by atoms with E-state index in [0.717, 1.165) is 25.9 Å². The van der Waals surface area contributed by atoms with Crippen molar-refractivity contribution in [1.29, 1.82) is 0 Å². The molecule has 0 aliphatic carbocycles. The first kappa shape index (κ1) is 16.8. The molecule has 1 amide bonds. The Morgan fingerprint density at radius 3 is 2.58 bits per heavy atom. The van der Waals surface area contributed by atoms with Crippen LogP contribution in [-0.2, 0) is 9.53 Å². The highest BCUT2D eigenvalue weighted by Gasteiger charge is 2.50. The molecule has 0 spiro atoms. The number of hydrogen-bond acceptors (Lipinski definition) is 3. The number of amides is 1. The highest BCUT2D eigenvalue weighted by molar-refractivity contribution is 14.1. The molecule has 4 atom stereocenters. The Morgan fingerprint density at radius 2 is 1.88 bits per heavy atom. The smallest absolute Gasteiger partial charge is 0.228 e. The van der Waals surface area contributed by atoms with Crippen LogP contribution in [-0.4, -0.2) is 61.1 Å². The molecule has 0 saturated carbocycles. The number of morpholine rings is 1. The maximum atomic E-state index is 13.4. The lowest BCUT2D eigenvalue weighted by atomic mass is 9.75. The van der Waals surface area contributed by atoms with Gasteiger partial charge in [0.1, 0.15) is 0 Å². The third kappa shape index (κ3) is 2.99. The van der Waals surface area contributed by atoms with Gasteiger partial charge in [-0.05, 0) is 72.5 Å². The highest BCUT2D eigenvalue weighted by atomic mass is 127. The molecule has 5 heteroatoms. The van der Waals surface area contributed by atoms with Crippen molar-refractivity contribution < 1.29 is 9.53 Å². The number of benzene rings is 1. The first-order valence-electron chi connectivity index (χ1n) is 8.99. The van der Waals surface area contributed by atoms with Crippen LogP contribution in [0.15, 0.2) is 24.3 Å². The Hall–Kier alpha value is -0.660. The summed E-state index contributed by atoms with van der Waals surface area (Å²) in [5.74, 6) is 0.789. The summed E-state index contributed by atoms with van der Waals surface area (Å²) in [6.45, 7) is 2.84. The summed E-state index contributed by atoms with van der Waals surface area (Å²) < 4.78 is 6.69. The summed E-state index contributed by atoms with van der Waals surface area (Å²) >= 11 is 2.35. The van der Waals surface area contributed by atoms with Crippen molar-refractivity contribution in [3.63, 3.8) is 0 Å². The topological polar surface area (TPSA) is 32.8 Å². The van der Waals surface area contributed by atoms with Crippen LogP contribution in [0.1, 0.15) is 30.7 Å². The van der Waals surface area contributed by atoms with Gasteiger partial charge in [-0.2, -0.15) is 0 Å². The number of carbonyl (C=O) groups is 1. The SMILES string of the molecule is CN1C2CC[C@@H]1C[C@H](c1ccc(I)cc1)C2C(=O)N1CCOCC1. The third-order valence-electron chi connectivity index (χ3n) is 6.17. The van der Waals surface area contributed by atoms with E-state index in [2.05, 4.69) is 58.8 Å². The van der Waals surface area contributed by atoms with Gasteiger partial charge < -0.3 is 9.64 Å². The van der Waals surface area contributed by atoms with Gasteiger partial charge in [0.15, 0.2) is 0 Å². The summed E-state index contributed by atoms with van der Waals surface area (Å²) in [4.78, 5) is 17.9. The van der Waals surface area contributed by atoms with E-state index in [-0.39, 0.29) is 5.92 Å². The molecule has 24 heavy (non-hydrogen) atoms. The molecule has 2 bridgehead atoms. The second-order valence-corrected chi connectivity index (χ2v) is 8.57. The molecular weight excluding hydrogens is 415 g/mol. The molecule has 0 N–H and O–H groups in total. The van der Waals surface area contributed by atoms with Crippen LogP contribution in [0.4, 0.5) is 0 Å². The van der Waals surface area contributed by atoms with Gasteiger partial charge >= 0.3 is 0 Å². The lowest BCUT2D eigenvalue weighted by Gasteiger charge is -2.44. The molecule has 0 aromatic heterocycles. The molecule has 4 rings (SSSR count). The quantitative estimate of drug-likeness (QED) is 0.664. The van der Waals surface area contributed by atoms with Crippen molar-refractivity contribution in [3.8, 4) is 0 Å². The first-order valence-corrected chi connectivity index (χ1v) is 10.1. The number of piperidine rings is 1. The van der Waals surface area contributed by atoms with Crippen molar-refractivity contribution in [2.45, 2.75) is 37.3 Å². The molecule has 1 aromatic rings. The van der Waals surface area contributed by atoms with E-state index in [9.17, 15) is 4.79 Å². The van der Waals surface area contributed by atoms with Gasteiger partial charge in [0.2, 0.25) is 5.91 Å². The average Bonchev–Trinajstić information content (AvgIpc) is 2.85. The molecule has 3 saturated heterocycles. The lowest BCUT2D eigenvalue weighted by Crippen LogP contribution is -2.54. The van der Waals surface area contributed by atoms with Crippen LogP contribution in [0, 0.1) is 9.49 Å². The maximum absolute atomic E-state index is 13.4. The number of ether oxygens (including phenoxy) is 1. The Bertz CT molecular complexity index is 600. The van der Waals surface area contributed by atoms with Gasteiger partial charge in [0.25, 0.3) is 0 Å². The van der Waals surface area contributed by atoms with E-state index < -0.39 is 0 Å². The van der Waals surface area contributed by atoms with Gasteiger partial charge in [-0.25, -0.2) is 0 Å². The molecule has 0 radical (unpaired) electrons. The Morgan fingerprint density at radius 1 is 1.17 bits per heavy atom. The summed E-state index contributed by atoms with van der Waals surface area (Å²) in [6, 6.07) is 9.84. The van der Waals surface area contributed by atoms with Crippen LogP contribution >= 0.6 is 22.6 Å². The number of rotatable bonds is 2. The molecule has 3 heterocycles. The van der Waals surface area contributed by atoms with Gasteiger partial charge in [0.05, 0.1) is 19.1 Å². The molecular formula is C19H25IN2O2. The molecule has 2 unspecified atom stereocenters. The van der Waals surface area contributed by atoms with Crippen LogP contribution in [0.2, 0.25) is 0 Å². The molecule has 3 fully saturated rings. The summed E-state index contributed by atoms with van der Waals surface area (Å²) in [6.07, 6.45) is 3.49. The second-order valence-electron chi connectivity index (χ2n) is 7.32. The zero-order valence-corrected chi connectivity index (χ0v) is 16.3. The monoisotopic (exact) mass is 440 g/mol. The number of hydrogen-bond donors (Lipinski definition) is 0. The van der Waals surface area contributed by atoms with E-state index in [1.54, 1.807) is 0 Å². The first-order chi connectivity index (χ1) is 11.6. The fourth-order valence-corrected chi connectivity index (χ4v) is 5.21. The van der Waals surface area contributed by atoms with E-state index >= 15 is 0 Å². The third-order valence-corrected chi connectivity index (χ3v) is 6.89. The lowest BCUT2D eigenvalue weighted by molar-refractivity contribution is -0.144. The minimum Gasteiger partial charge on any atom is -0.378 e. The van der Waals surface area contributed by atoms with Crippen molar-refractivity contribution in [2.24, 2.45) is 5.92 Å². The minimum atomic E-state index is 0.0897. The van der Waals surface area contributed by atoms with E-state index in [4.69, 9.17) is 4.74 Å². The number of carbonyl (C=O) groups excluding carboxylic acids is 1. The van der Waals surface area contributed by atoms with E-state index in [1.165, 1.54) is 15.6 Å². The van der Waals surface area contributed by atoms with E-state index in [1.807, 2.05) is 4.90 Å².